The van der Waals surface area contributed by atoms with Crippen molar-refractivity contribution in [1.82, 2.24) is 0 Å². The predicted molar refractivity (Wildman–Crippen MR) is 101 cm³/mol. The van der Waals surface area contributed by atoms with E-state index in [2.05, 4.69) is 21.2 Å². The molecular weight excluding hydrogens is 414 g/mol. The zero-order chi connectivity index (χ0) is 17.7. The molecular formula is C17H13BrClNO3S. The van der Waals surface area contributed by atoms with Gasteiger partial charge in [0.05, 0.1) is 16.5 Å². The number of carbonyl (C=O) groups is 3. The van der Waals surface area contributed by atoms with Gasteiger partial charge in [-0.25, -0.2) is 0 Å². The second-order valence-electron chi connectivity index (χ2n) is 4.83. The number of anilines is 1. The summed E-state index contributed by atoms with van der Waals surface area (Å²) in [5.41, 5.74) is 1.04. The van der Waals surface area contributed by atoms with Crippen LogP contribution in [0, 0.1) is 0 Å². The summed E-state index contributed by atoms with van der Waals surface area (Å²) in [4.78, 5) is 35.7. The van der Waals surface area contributed by atoms with E-state index in [9.17, 15) is 14.4 Å². The molecule has 0 aromatic heterocycles. The number of hydrogen-bond acceptors (Lipinski definition) is 4. The van der Waals surface area contributed by atoms with E-state index in [4.69, 9.17) is 11.6 Å². The molecule has 0 radical (unpaired) electrons. The van der Waals surface area contributed by atoms with Crippen LogP contribution in [0.15, 0.2) is 46.9 Å². The molecule has 2 aromatic rings. The minimum atomic E-state index is -0.356. The Labute approximate surface area is 157 Å². The van der Waals surface area contributed by atoms with Crippen molar-refractivity contribution in [2.24, 2.45) is 0 Å². The smallest absolute Gasteiger partial charge is 0.234 e. The molecule has 0 saturated carbocycles. The fraction of sp³-hybridized carbons (Fsp3) is 0.118. The van der Waals surface area contributed by atoms with Crippen molar-refractivity contribution in [3.05, 3.63) is 63.1 Å². The van der Waals surface area contributed by atoms with E-state index in [1.54, 1.807) is 42.5 Å². The van der Waals surface area contributed by atoms with Gasteiger partial charge in [-0.1, -0.05) is 51.4 Å². The van der Waals surface area contributed by atoms with Crippen molar-refractivity contribution in [3.63, 3.8) is 0 Å². The highest BCUT2D eigenvalue weighted by Crippen LogP contribution is 2.27. The van der Waals surface area contributed by atoms with Crippen LogP contribution in [0.5, 0.6) is 0 Å². The number of thioether (sulfide) groups is 1. The van der Waals surface area contributed by atoms with Crippen LogP contribution in [-0.2, 0) is 9.59 Å². The zero-order valence-corrected chi connectivity index (χ0v) is 15.8. The Kier molecular flexibility index (Phi) is 6.60. The van der Waals surface area contributed by atoms with Gasteiger partial charge in [0.15, 0.2) is 10.9 Å². The Bertz CT molecular complexity index is 810. The number of halogens is 2. The molecule has 2 aromatic carbocycles. The number of hydrogen-bond donors (Lipinski definition) is 1. The Balaban J connectivity index is 2.31. The maximum Gasteiger partial charge on any atom is 0.234 e. The summed E-state index contributed by atoms with van der Waals surface area (Å²) in [6, 6.07) is 11.7. The van der Waals surface area contributed by atoms with Crippen LogP contribution < -0.4 is 5.32 Å². The summed E-state index contributed by atoms with van der Waals surface area (Å²) < 4.78 is 0.703. The van der Waals surface area contributed by atoms with E-state index in [-0.39, 0.29) is 22.6 Å². The van der Waals surface area contributed by atoms with E-state index in [1.807, 2.05) is 0 Å². The Morgan fingerprint density at radius 1 is 1.12 bits per heavy atom. The highest BCUT2D eigenvalue weighted by Gasteiger charge is 2.18. The van der Waals surface area contributed by atoms with E-state index in [0.717, 1.165) is 11.8 Å². The first-order chi connectivity index (χ1) is 11.4. The topological polar surface area (TPSA) is 63.2 Å². The summed E-state index contributed by atoms with van der Waals surface area (Å²) in [6.07, 6.45) is 0. The molecule has 2 rings (SSSR count). The lowest BCUT2D eigenvalue weighted by molar-refractivity contribution is -0.114. The number of ketones is 1. The molecule has 4 nitrogen and oxygen atoms in total. The third-order valence-electron chi connectivity index (χ3n) is 3.03. The highest BCUT2D eigenvalue weighted by molar-refractivity contribution is 9.10. The lowest BCUT2D eigenvalue weighted by Crippen LogP contribution is -2.17. The van der Waals surface area contributed by atoms with Gasteiger partial charge in [-0.2, -0.15) is 0 Å². The maximum absolute atomic E-state index is 12.8. The molecule has 0 bridgehead atoms. The summed E-state index contributed by atoms with van der Waals surface area (Å²) in [5, 5.41) is 2.86. The maximum atomic E-state index is 12.8. The summed E-state index contributed by atoms with van der Waals surface area (Å²) in [6.45, 7) is 1.39. The van der Waals surface area contributed by atoms with Gasteiger partial charge in [-0.15, -0.1) is 0 Å². The van der Waals surface area contributed by atoms with Gasteiger partial charge in [0.2, 0.25) is 5.91 Å². The Hall–Kier alpha value is -1.63. The second-order valence-corrected chi connectivity index (χ2v) is 7.30. The van der Waals surface area contributed by atoms with Gasteiger partial charge >= 0.3 is 0 Å². The van der Waals surface area contributed by atoms with Crippen molar-refractivity contribution >= 4 is 61.8 Å². The average Bonchev–Trinajstić information content (AvgIpc) is 2.54. The molecule has 0 aliphatic heterocycles. The Morgan fingerprint density at radius 2 is 1.83 bits per heavy atom. The number of nitrogens with one attached hydrogen (secondary N) is 1. The molecule has 0 fully saturated rings. The molecule has 0 unspecified atom stereocenters. The second kappa shape index (κ2) is 8.46. The van der Waals surface area contributed by atoms with Gasteiger partial charge in [-0.3, -0.25) is 14.4 Å². The molecule has 7 heteroatoms. The molecule has 0 aliphatic carbocycles. The monoisotopic (exact) mass is 425 g/mol. The first-order valence-corrected chi connectivity index (χ1v) is 9.06. The molecule has 0 spiro atoms. The molecule has 0 saturated heterocycles. The lowest BCUT2D eigenvalue weighted by Gasteiger charge is -2.11. The van der Waals surface area contributed by atoms with Crippen molar-refractivity contribution < 1.29 is 14.4 Å². The van der Waals surface area contributed by atoms with Crippen molar-refractivity contribution in [3.8, 4) is 0 Å². The number of rotatable bonds is 5. The predicted octanol–water partition coefficient (Wildman–Crippen LogP) is 4.55. The summed E-state index contributed by atoms with van der Waals surface area (Å²) in [5.74, 6) is -0.660. The van der Waals surface area contributed by atoms with Gasteiger partial charge in [0.1, 0.15) is 0 Å². The molecule has 1 N–H and O–H groups in total. The number of benzene rings is 2. The standard InChI is InChI=1S/C17H13BrClNO3S/c1-10(21)24-9-16(22)20-15-7-6-11(18)8-13(15)17(23)12-4-2-3-5-14(12)19/h2-8H,9H2,1H3,(H,20,22). The van der Waals surface area contributed by atoms with Crippen LogP contribution in [0.4, 0.5) is 5.69 Å². The molecule has 0 atom stereocenters. The molecule has 124 valence electrons. The van der Waals surface area contributed by atoms with E-state index >= 15 is 0 Å². The molecule has 1 amide bonds. The van der Waals surface area contributed by atoms with Gasteiger partial charge in [0, 0.05) is 22.5 Å². The van der Waals surface area contributed by atoms with Crippen LogP contribution in [0.2, 0.25) is 5.02 Å². The first-order valence-electron chi connectivity index (χ1n) is 6.90. The van der Waals surface area contributed by atoms with Crippen molar-refractivity contribution in [1.29, 1.82) is 0 Å². The van der Waals surface area contributed by atoms with E-state index in [0.29, 0.717) is 26.3 Å². The van der Waals surface area contributed by atoms with Gasteiger partial charge < -0.3 is 5.32 Å². The van der Waals surface area contributed by atoms with Crippen LogP contribution in [0.25, 0.3) is 0 Å². The van der Waals surface area contributed by atoms with Gasteiger partial charge in [0.25, 0.3) is 0 Å². The number of carbonyl (C=O) groups excluding carboxylic acids is 3. The van der Waals surface area contributed by atoms with Gasteiger partial charge in [-0.05, 0) is 30.3 Å². The summed E-state index contributed by atoms with van der Waals surface area (Å²) >= 11 is 10.3. The summed E-state index contributed by atoms with van der Waals surface area (Å²) in [7, 11) is 0. The van der Waals surface area contributed by atoms with Crippen molar-refractivity contribution in [2.75, 3.05) is 11.1 Å². The largest absolute Gasteiger partial charge is 0.325 e. The van der Waals surface area contributed by atoms with Crippen LogP contribution in [0.1, 0.15) is 22.8 Å². The zero-order valence-electron chi connectivity index (χ0n) is 12.6. The van der Waals surface area contributed by atoms with E-state index < -0.39 is 0 Å². The van der Waals surface area contributed by atoms with Crippen molar-refractivity contribution in [2.45, 2.75) is 6.92 Å². The normalized spacial score (nSPS) is 10.3. The minimum Gasteiger partial charge on any atom is -0.325 e. The van der Waals surface area contributed by atoms with Crippen LogP contribution in [0.3, 0.4) is 0 Å². The SMILES string of the molecule is CC(=O)SCC(=O)Nc1ccc(Br)cc1C(=O)c1ccccc1Cl. The quantitative estimate of drug-likeness (QED) is 0.712. The third-order valence-corrected chi connectivity index (χ3v) is 4.66. The third kappa shape index (κ3) is 4.93. The minimum absolute atomic E-state index is 0.00881. The average molecular weight is 427 g/mol. The van der Waals surface area contributed by atoms with E-state index in [1.165, 1.54) is 6.92 Å². The van der Waals surface area contributed by atoms with Crippen LogP contribution >= 0.6 is 39.3 Å². The first kappa shape index (κ1) is 18.7. The molecule has 24 heavy (non-hydrogen) atoms. The Morgan fingerprint density at radius 3 is 2.50 bits per heavy atom. The molecule has 0 heterocycles. The highest BCUT2D eigenvalue weighted by atomic mass is 79.9. The molecule has 0 aliphatic rings. The lowest BCUT2D eigenvalue weighted by atomic mass is 10.0. The number of amides is 1. The fourth-order valence-electron chi connectivity index (χ4n) is 1.96. The van der Waals surface area contributed by atoms with Crippen LogP contribution in [-0.4, -0.2) is 22.6 Å². The fourth-order valence-corrected chi connectivity index (χ4v) is 2.95.